The molecule has 9 heteroatoms. The SMILES string of the molecule is COc1ccc(Cl)cc1[C@@H]1Nc2ccccc2-c2nnc(SCc3ccc(Cl)cc3)nc2O1. The predicted octanol–water partition coefficient (Wildman–Crippen LogP) is 6.65. The van der Waals surface area contributed by atoms with Gasteiger partial charge in [0.25, 0.3) is 0 Å². The zero-order valence-corrected chi connectivity index (χ0v) is 19.8. The van der Waals surface area contributed by atoms with Gasteiger partial charge in [-0.1, -0.05) is 65.3 Å². The third-order valence-corrected chi connectivity index (χ3v) is 6.48. The first kappa shape index (κ1) is 21.8. The predicted molar refractivity (Wildman–Crippen MR) is 131 cm³/mol. The van der Waals surface area contributed by atoms with Gasteiger partial charge in [0.1, 0.15) is 5.75 Å². The Labute approximate surface area is 205 Å². The average molecular weight is 497 g/mol. The number of thioether (sulfide) groups is 1. The van der Waals surface area contributed by atoms with E-state index in [2.05, 4.69) is 20.5 Å². The number of nitrogens with one attached hydrogen (secondary N) is 1. The Morgan fingerprint density at radius 3 is 2.61 bits per heavy atom. The number of fused-ring (bicyclic) bond motifs is 3. The van der Waals surface area contributed by atoms with Crippen LogP contribution >= 0.6 is 35.0 Å². The standard InChI is InChI=1S/C24H18Cl2N4O2S/c1-31-20-11-10-16(26)12-18(20)22-27-19-5-3-2-4-17(19)21-23(32-22)28-24(30-29-21)33-13-14-6-8-15(25)9-7-14/h2-12,22,27H,13H2,1H3/t22-/m1/s1. The third-order valence-electron chi connectivity index (χ3n) is 5.09. The number of hydrogen-bond donors (Lipinski definition) is 1. The Kier molecular flexibility index (Phi) is 6.26. The van der Waals surface area contributed by atoms with Gasteiger partial charge < -0.3 is 14.8 Å². The molecule has 0 saturated heterocycles. The van der Waals surface area contributed by atoms with E-state index in [1.807, 2.05) is 60.7 Å². The van der Waals surface area contributed by atoms with E-state index < -0.39 is 6.23 Å². The van der Waals surface area contributed by atoms with E-state index in [1.54, 1.807) is 13.2 Å². The fourth-order valence-corrected chi connectivity index (χ4v) is 4.53. The number of benzene rings is 3. The molecule has 1 aromatic heterocycles. The van der Waals surface area contributed by atoms with E-state index in [1.165, 1.54) is 11.8 Å². The number of anilines is 1. The minimum Gasteiger partial charge on any atom is -0.496 e. The Bertz CT molecular complexity index is 1300. The molecule has 1 N–H and O–H groups in total. The molecule has 0 bridgehead atoms. The van der Waals surface area contributed by atoms with Crippen molar-refractivity contribution in [2.45, 2.75) is 17.1 Å². The summed E-state index contributed by atoms with van der Waals surface area (Å²) in [5.41, 5.74) is 4.13. The fraction of sp³-hybridized carbons (Fsp3) is 0.125. The monoisotopic (exact) mass is 496 g/mol. The molecule has 0 amide bonds. The highest BCUT2D eigenvalue weighted by Crippen LogP contribution is 2.41. The zero-order chi connectivity index (χ0) is 22.8. The van der Waals surface area contributed by atoms with Crippen molar-refractivity contribution in [3.63, 3.8) is 0 Å². The molecule has 4 aromatic rings. The molecule has 5 rings (SSSR count). The van der Waals surface area contributed by atoms with Gasteiger partial charge in [0.2, 0.25) is 17.3 Å². The maximum atomic E-state index is 6.34. The maximum absolute atomic E-state index is 6.34. The van der Waals surface area contributed by atoms with Crippen LogP contribution in [0.4, 0.5) is 5.69 Å². The number of hydrogen-bond acceptors (Lipinski definition) is 7. The minimum atomic E-state index is -0.591. The van der Waals surface area contributed by atoms with Gasteiger partial charge >= 0.3 is 0 Å². The van der Waals surface area contributed by atoms with Crippen molar-refractivity contribution >= 4 is 40.7 Å². The van der Waals surface area contributed by atoms with E-state index in [-0.39, 0.29) is 0 Å². The summed E-state index contributed by atoms with van der Waals surface area (Å²) in [7, 11) is 1.61. The first-order chi connectivity index (χ1) is 16.1. The first-order valence-corrected chi connectivity index (χ1v) is 11.8. The van der Waals surface area contributed by atoms with Gasteiger partial charge in [-0.2, -0.15) is 4.98 Å². The second-order valence-electron chi connectivity index (χ2n) is 7.24. The van der Waals surface area contributed by atoms with Gasteiger partial charge in [0.15, 0.2) is 5.69 Å². The molecular formula is C24H18Cl2N4O2S. The average Bonchev–Trinajstić information content (AvgIpc) is 3.00. The normalized spacial score (nSPS) is 14.3. The molecule has 2 heterocycles. The number of aromatic nitrogens is 3. The Balaban J connectivity index is 1.51. The number of halogens is 2. The highest BCUT2D eigenvalue weighted by molar-refractivity contribution is 7.98. The maximum Gasteiger partial charge on any atom is 0.247 e. The molecule has 0 fully saturated rings. The molecule has 0 radical (unpaired) electrons. The topological polar surface area (TPSA) is 69.2 Å². The summed E-state index contributed by atoms with van der Waals surface area (Å²) in [6.45, 7) is 0. The summed E-state index contributed by atoms with van der Waals surface area (Å²) in [6.07, 6.45) is -0.591. The molecule has 3 aromatic carbocycles. The first-order valence-electron chi connectivity index (χ1n) is 10.1. The van der Waals surface area contributed by atoms with Crippen molar-refractivity contribution in [3.8, 4) is 22.9 Å². The van der Waals surface area contributed by atoms with Crippen LogP contribution in [0.25, 0.3) is 11.3 Å². The molecule has 1 aliphatic heterocycles. The molecular weight excluding hydrogens is 479 g/mol. The van der Waals surface area contributed by atoms with Crippen LogP contribution in [-0.4, -0.2) is 22.3 Å². The summed E-state index contributed by atoms with van der Waals surface area (Å²) in [5.74, 6) is 1.71. The number of para-hydroxylation sites is 1. The summed E-state index contributed by atoms with van der Waals surface area (Å²) in [6, 6.07) is 20.9. The summed E-state index contributed by atoms with van der Waals surface area (Å²) in [4.78, 5) is 4.69. The second kappa shape index (κ2) is 9.47. The molecule has 0 saturated carbocycles. The van der Waals surface area contributed by atoms with Gasteiger partial charge in [-0.3, -0.25) is 0 Å². The van der Waals surface area contributed by atoms with Crippen LogP contribution in [0.5, 0.6) is 11.6 Å². The van der Waals surface area contributed by atoms with Gasteiger partial charge in [-0.15, -0.1) is 10.2 Å². The van der Waals surface area contributed by atoms with Crippen LogP contribution in [0.1, 0.15) is 17.4 Å². The smallest absolute Gasteiger partial charge is 0.247 e. The molecule has 0 spiro atoms. The second-order valence-corrected chi connectivity index (χ2v) is 9.05. The van der Waals surface area contributed by atoms with Crippen LogP contribution in [0, 0.1) is 0 Å². The van der Waals surface area contributed by atoms with Gasteiger partial charge in [-0.25, -0.2) is 0 Å². The van der Waals surface area contributed by atoms with Crippen molar-refractivity contribution in [2.24, 2.45) is 0 Å². The molecule has 33 heavy (non-hydrogen) atoms. The fourth-order valence-electron chi connectivity index (χ4n) is 3.49. The van der Waals surface area contributed by atoms with Crippen molar-refractivity contribution in [1.82, 2.24) is 15.2 Å². The van der Waals surface area contributed by atoms with Crippen molar-refractivity contribution in [3.05, 3.63) is 87.9 Å². The number of methoxy groups -OCH3 is 1. The van der Waals surface area contributed by atoms with Crippen LogP contribution in [0.15, 0.2) is 71.9 Å². The molecule has 0 aliphatic carbocycles. The summed E-state index contributed by atoms with van der Waals surface area (Å²) < 4.78 is 11.9. The number of ether oxygens (including phenoxy) is 2. The molecule has 6 nitrogen and oxygen atoms in total. The van der Waals surface area contributed by atoms with Crippen molar-refractivity contribution < 1.29 is 9.47 Å². The Hall–Kier alpha value is -3.00. The van der Waals surface area contributed by atoms with Gasteiger partial charge in [0, 0.05) is 27.0 Å². The van der Waals surface area contributed by atoms with E-state index in [0.29, 0.717) is 38.3 Å². The van der Waals surface area contributed by atoms with Crippen molar-refractivity contribution in [1.29, 1.82) is 0 Å². The van der Waals surface area contributed by atoms with Gasteiger partial charge in [-0.05, 0) is 42.0 Å². The Morgan fingerprint density at radius 2 is 1.79 bits per heavy atom. The third kappa shape index (κ3) is 4.71. The quantitative estimate of drug-likeness (QED) is 0.310. The van der Waals surface area contributed by atoms with E-state index in [0.717, 1.165) is 22.4 Å². The van der Waals surface area contributed by atoms with Crippen LogP contribution in [0.2, 0.25) is 10.0 Å². The van der Waals surface area contributed by atoms with E-state index in [9.17, 15) is 0 Å². The summed E-state index contributed by atoms with van der Waals surface area (Å²) in [5, 5.41) is 14.0. The zero-order valence-electron chi connectivity index (χ0n) is 17.5. The number of rotatable bonds is 5. The van der Waals surface area contributed by atoms with Crippen LogP contribution in [0.3, 0.4) is 0 Å². The summed E-state index contributed by atoms with van der Waals surface area (Å²) >= 11 is 13.7. The lowest BCUT2D eigenvalue weighted by atomic mass is 10.1. The van der Waals surface area contributed by atoms with Crippen LogP contribution in [-0.2, 0) is 5.75 Å². The molecule has 0 unspecified atom stereocenters. The number of nitrogens with zero attached hydrogens (tertiary/aromatic N) is 3. The van der Waals surface area contributed by atoms with Crippen LogP contribution < -0.4 is 14.8 Å². The highest BCUT2D eigenvalue weighted by atomic mass is 35.5. The van der Waals surface area contributed by atoms with Gasteiger partial charge in [0.05, 0.1) is 12.7 Å². The van der Waals surface area contributed by atoms with E-state index in [4.69, 9.17) is 32.7 Å². The molecule has 1 atom stereocenters. The lowest BCUT2D eigenvalue weighted by Gasteiger charge is -2.21. The molecule has 166 valence electrons. The molecule has 1 aliphatic rings. The Morgan fingerprint density at radius 1 is 1.00 bits per heavy atom. The highest BCUT2D eigenvalue weighted by Gasteiger charge is 2.28. The lowest BCUT2D eigenvalue weighted by Crippen LogP contribution is -2.18. The lowest BCUT2D eigenvalue weighted by molar-refractivity contribution is 0.220. The van der Waals surface area contributed by atoms with E-state index >= 15 is 0 Å². The van der Waals surface area contributed by atoms with Crippen molar-refractivity contribution in [2.75, 3.05) is 12.4 Å². The largest absolute Gasteiger partial charge is 0.496 e. The minimum absolute atomic E-state index is 0.382.